The molecule has 0 radical (unpaired) electrons. The maximum atomic E-state index is 11.6. The smallest absolute Gasteiger partial charge is 0.440 e. The molecular weight excluding hydrogens is 2000 g/mol. The van der Waals surface area contributed by atoms with Gasteiger partial charge in [-0.15, -0.1) is 4.74 Å². The Morgan fingerprint density at radius 3 is 1.50 bits per heavy atom. The van der Waals surface area contributed by atoms with E-state index in [0.29, 0.717) is 106 Å². The average Bonchev–Trinajstić information content (AvgIpc) is 1.81. The number of carboxylic acid groups (broad SMARTS) is 12. The Morgan fingerprint density at radius 2 is 1.09 bits per heavy atom. The molecule has 15 unspecified atom stereocenters. The van der Waals surface area contributed by atoms with E-state index in [-0.39, 0.29) is 105 Å². The molecular formula is C74H119N21O45S3. The van der Waals surface area contributed by atoms with Crippen molar-refractivity contribution in [3.05, 3.63) is 91.4 Å². The van der Waals surface area contributed by atoms with Crippen LogP contribution in [0.4, 0.5) is 5.69 Å². The molecule has 6 rings (SSSR count). The number of anilines is 1. The molecule has 143 heavy (non-hydrogen) atoms. The van der Waals surface area contributed by atoms with E-state index >= 15 is 0 Å². The molecule has 69 heteroatoms. The van der Waals surface area contributed by atoms with E-state index in [1.54, 1.807) is 11.9 Å². The van der Waals surface area contributed by atoms with Crippen LogP contribution in [0.2, 0.25) is 0 Å². The number of aromatic hydroxyl groups is 1. The fourth-order valence-electron chi connectivity index (χ4n) is 8.36. The lowest BCUT2D eigenvalue weighted by Crippen LogP contribution is -2.42. The Hall–Kier alpha value is -15.0. The normalized spacial score (nSPS) is 16.1. The minimum absolute atomic E-state index is 0.0256. The third-order valence-electron chi connectivity index (χ3n) is 15.8. The molecule has 0 bridgehead atoms. The Balaban J connectivity index is -0.000000359. The monoisotopic (exact) mass is 2120 g/mol. The number of carboxylic acids is 12. The number of nitrogens with one attached hydrogen (secondary N) is 5. The van der Waals surface area contributed by atoms with Crippen molar-refractivity contribution in [1.82, 2.24) is 30.7 Å². The minimum atomic E-state index is -1.28. The summed E-state index contributed by atoms with van der Waals surface area (Å²) >= 11 is 1.36. The van der Waals surface area contributed by atoms with Gasteiger partial charge in [-0.3, -0.25) is 109 Å². The number of benzene rings is 1. The molecule has 2 fully saturated rings. The highest BCUT2D eigenvalue weighted by Crippen LogP contribution is 2.25. The van der Waals surface area contributed by atoms with Gasteiger partial charge in [-0.25, -0.2) is 38.5 Å². The van der Waals surface area contributed by atoms with Gasteiger partial charge in [0, 0.05) is 68.5 Å². The summed E-state index contributed by atoms with van der Waals surface area (Å²) in [5.41, 5.74) is 66.5. The van der Waals surface area contributed by atoms with Crippen molar-refractivity contribution in [1.29, 1.82) is 0 Å². The fraction of sp³-hybridized carbons (Fsp3) is 0.500. The topological polar surface area (TPSA) is 1190 Å². The van der Waals surface area contributed by atoms with Crippen LogP contribution in [-0.4, -0.2) is 355 Å². The number of nitrogen functional groups attached to an aromatic ring is 1. The third-order valence-corrected chi connectivity index (χ3v) is 19.3. The van der Waals surface area contributed by atoms with Gasteiger partial charge in [0.2, 0.25) is 5.91 Å². The second kappa shape index (κ2) is 83.9. The first-order valence-electron chi connectivity index (χ1n) is 40.0. The third kappa shape index (κ3) is 76.5. The second-order valence-electron chi connectivity index (χ2n) is 27.0. The van der Waals surface area contributed by atoms with E-state index in [1.165, 1.54) is 57.6 Å². The zero-order chi connectivity index (χ0) is 111. The first kappa shape index (κ1) is 139. The Morgan fingerprint density at radius 1 is 0.580 bits per heavy atom. The van der Waals surface area contributed by atoms with Gasteiger partial charge < -0.3 is 182 Å². The molecule has 66 nitrogen and oxygen atoms in total. The van der Waals surface area contributed by atoms with Crippen LogP contribution in [0, 0.1) is 0 Å². The summed E-state index contributed by atoms with van der Waals surface area (Å²) in [7, 11) is 2.59. The zero-order valence-electron chi connectivity index (χ0n) is 75.6. The number of allylic oxidation sites excluding steroid dienone is 2. The van der Waals surface area contributed by atoms with E-state index < -0.39 is 186 Å². The van der Waals surface area contributed by atoms with E-state index in [0.717, 1.165) is 30.7 Å². The highest BCUT2D eigenvalue weighted by Gasteiger charge is 2.29. The summed E-state index contributed by atoms with van der Waals surface area (Å²) < 4.78 is 35.2. The highest BCUT2D eigenvalue weighted by molar-refractivity contribution is 8.76. The number of ketones is 1. The number of Topliss-reactive ketones (excluding diaryl/α,β-unsaturated/α-hetero) is 1. The number of hydrogen-bond acceptors (Lipinski definition) is 52. The number of carbonyl (C=O) groups excluding carboxylic acids is 8. The SMILES string of the molecule is CC1=NCCC(C(=O)O)N1.N/C(=C\C=C\OC=O)C(=O)O.NC(C(=O)O)c1c[nH]c(=O)o1.NC(CCCC(N)C(=O)O)OC=O.NC(CCCOC=O)C(=O)O.NC(CCSCC(N)C(=O)O)OC=O.NC(CSSCC(N)C(=O)O)OC=O.NC(Cn1oc(=O)[nH]c1=O)C(=O)O.NC=NC(CCOC=O)C(=O)O.Nc1c(O)cccc1C(=O)CC(N)C(=O)O.O=C(O)C1CC(O)CN1.O=C1CCC(C(=O)O)N1. The number of aliphatic imine (C=N–C) groups is 2. The number of ether oxygens (including phenoxy) is 6. The maximum Gasteiger partial charge on any atom is 0.440 e. The minimum Gasteiger partial charge on any atom is -0.506 e. The van der Waals surface area contributed by atoms with Crippen molar-refractivity contribution in [3.63, 3.8) is 0 Å². The molecule has 0 saturated carbocycles. The summed E-state index contributed by atoms with van der Waals surface area (Å²) in [6, 6.07) is -5.65. The zero-order valence-corrected chi connectivity index (χ0v) is 78.0. The number of aromatic amines is 2. The number of nitrogens with two attached hydrogens (primary N) is 13. The Bertz CT molecular complexity index is 4650. The molecule has 2 saturated heterocycles. The summed E-state index contributed by atoms with van der Waals surface area (Å²) in [6.45, 7) is 4.29. The van der Waals surface area contributed by atoms with E-state index in [1.807, 2.05) is 0 Å². The van der Waals surface area contributed by atoms with E-state index in [2.05, 4.69) is 68.3 Å². The molecule has 5 heterocycles. The molecule has 3 aromatic rings. The second-order valence-corrected chi connectivity index (χ2v) is 30.7. The number of amides is 1. The van der Waals surface area contributed by atoms with Gasteiger partial charge in [-0.1, -0.05) is 27.7 Å². The largest absolute Gasteiger partial charge is 0.506 e. The molecule has 1 amide bonds. The summed E-state index contributed by atoms with van der Waals surface area (Å²) in [5, 5.41) is 127. The Labute approximate surface area is 818 Å². The van der Waals surface area contributed by atoms with Crippen LogP contribution in [0.3, 0.4) is 0 Å². The van der Waals surface area contributed by atoms with Gasteiger partial charge in [0.1, 0.15) is 65.8 Å². The molecule has 45 N–H and O–H groups in total. The number of nitrogens with zero attached hydrogens (tertiary/aromatic N) is 3. The van der Waals surface area contributed by atoms with Crippen LogP contribution in [0.5, 0.6) is 5.75 Å². The van der Waals surface area contributed by atoms with Crippen LogP contribution >= 0.6 is 33.3 Å². The molecule has 0 aliphatic carbocycles. The molecule has 808 valence electrons. The van der Waals surface area contributed by atoms with Crippen molar-refractivity contribution in [2.45, 2.75) is 182 Å². The standard InChI is InChI=1S/C10H12N2O4.C7H14N2O4S.C7H14N2O4.C6H12N2O4S2.C6H10N2O4.C6H10N2O2.C6H11NO4.C6H7NO4.C5H7N3O5.C5H6N2O4.C5H9NO3.C5H7NO3/c11-6(10(15)16)4-8(14)5-2-1-3-7(13)9(5)12;8-5(7(11)12)3-14-2-1-6(9)13-4-10;8-5(7(11)12)2-1-3-6(9)13-4-10;7-4(6(10)11)1-13-14-2-5(8)12-3-9;7-3-8-5(6(10)11)1-2-12-4-9;1-4-7-3-2-5(8-4)6(9)10;2*7-5(6(9)10)2-1-3-11-4-8;6-2(3(9)10)1-8-4(11)7-5(12)13-8;6-3(4(8)9)2-1-7-5(10)11-2;7-3-1-4(5(8)9)6-2-3;7-4-2-1-3(6-4)5(8)9/h1-3,6,13H,4,11-12H2,(H,15,16);4-6H,1-3,8-9H2,(H,11,12);4-6H,1-3,8-9H2,(H,11,12);3-5H,1-2,7-8H2,(H,10,11);3-5H,1-2H2,(H2,7,8)(H,10,11);5H,2-3H2,1H3,(H,7,8)(H,9,10);4-5H,1-3,7H2,(H,9,10);1-4H,7H2,(H,9,10);2H,1,6H2,(H,9,10)(H,7,11,12);1,3H,6H2,(H,7,10)(H,8,9);3-4,6-7H,1-2H2,(H,8,9);3H,1-2H2,(H,6,7)(H,8,9)/b;;;;;;;3-1+,5-2-;;;;. The van der Waals surface area contributed by atoms with Crippen LogP contribution in [0.1, 0.15) is 106 Å². The van der Waals surface area contributed by atoms with E-state index in [4.69, 9.17) is 141 Å². The lowest BCUT2D eigenvalue weighted by atomic mass is 10.0. The van der Waals surface area contributed by atoms with Crippen molar-refractivity contribution in [2.75, 3.05) is 55.0 Å². The fourth-order valence-corrected chi connectivity index (χ4v) is 11.4. The maximum absolute atomic E-state index is 11.6. The van der Waals surface area contributed by atoms with Crippen LogP contribution in [-0.2, 0) is 126 Å². The summed E-state index contributed by atoms with van der Waals surface area (Å²) in [4.78, 5) is 246. The number of aliphatic hydroxyl groups is 1. The van der Waals surface area contributed by atoms with Crippen molar-refractivity contribution >= 4 is 173 Å². The summed E-state index contributed by atoms with van der Waals surface area (Å²) in [6.07, 6.45) is 6.93. The van der Waals surface area contributed by atoms with Gasteiger partial charge >= 0.3 is 88.8 Å². The van der Waals surface area contributed by atoms with Crippen LogP contribution < -0.4 is 108 Å². The number of phenols is 1. The number of aromatic nitrogens is 3. The van der Waals surface area contributed by atoms with Crippen molar-refractivity contribution in [2.24, 2.45) is 78.8 Å². The molecule has 15 atom stereocenters. The first-order chi connectivity index (χ1) is 66.9. The molecule has 3 aliphatic rings. The number of rotatable bonds is 51. The molecule has 2 aromatic heterocycles. The van der Waals surface area contributed by atoms with Crippen molar-refractivity contribution < 1.29 is 205 Å². The Kier molecular flexibility index (Phi) is 81.3. The van der Waals surface area contributed by atoms with Gasteiger partial charge in [0.05, 0.1) is 55.7 Å². The number of para-hydroxylation sites is 1. The lowest BCUT2D eigenvalue weighted by Gasteiger charge is -2.18. The van der Waals surface area contributed by atoms with Gasteiger partial charge in [0.15, 0.2) is 42.3 Å². The number of aliphatic carboxylic acids is 12. The number of phenolic OH excluding ortho intramolecular Hbond substituents is 1. The highest BCUT2D eigenvalue weighted by atomic mass is 33.1. The number of amidine groups is 1. The van der Waals surface area contributed by atoms with Crippen LogP contribution in [0.15, 0.2) is 81.8 Å². The quantitative estimate of drug-likeness (QED) is 0.00199. The first-order valence-corrected chi connectivity index (χ1v) is 43.6. The number of thioether (sulfide) groups is 1. The molecule has 0 spiro atoms. The van der Waals surface area contributed by atoms with Gasteiger partial charge in [-0.2, -0.15) is 11.8 Å². The number of H-pyrrole nitrogens is 2. The predicted octanol–water partition coefficient (Wildman–Crippen LogP) is -10.3. The van der Waals surface area contributed by atoms with Crippen LogP contribution in [0.25, 0.3) is 0 Å². The number of β-amino-alcohol motifs (C(OH)–C–C–N with tert-alkyl or cyclic N) is 1. The number of carbonyl (C=O) groups is 20. The predicted molar refractivity (Wildman–Crippen MR) is 493 cm³/mol. The number of oxazole rings is 1. The molecule has 1 aromatic carbocycles. The van der Waals surface area contributed by atoms with Gasteiger partial charge in [0.25, 0.3) is 38.8 Å². The molecule has 3 aliphatic heterocycles. The average molecular weight is 2120 g/mol. The summed E-state index contributed by atoms with van der Waals surface area (Å²) in [5.74, 6) is -13.1. The van der Waals surface area contributed by atoms with E-state index in [9.17, 15) is 115 Å². The number of hydrogen-bond donors (Lipinski definition) is 32. The number of aliphatic hydroxyl groups excluding tert-OH is 1. The van der Waals surface area contributed by atoms with Crippen molar-refractivity contribution in [3.8, 4) is 5.75 Å². The van der Waals surface area contributed by atoms with Gasteiger partial charge in [-0.05, 0) is 81.9 Å². The lowest BCUT2D eigenvalue weighted by molar-refractivity contribution is -0.140.